The van der Waals surface area contributed by atoms with Crippen molar-refractivity contribution in [2.75, 3.05) is 25.5 Å². The highest BCUT2D eigenvalue weighted by atomic mass is 16.3. The predicted molar refractivity (Wildman–Crippen MR) is 146 cm³/mol. The number of aliphatic hydroxyl groups is 1. The average molecular weight is 488 g/mol. The molecule has 3 aromatic rings. The minimum atomic E-state index is -0.955. The van der Waals surface area contributed by atoms with Gasteiger partial charge >= 0.3 is 0 Å². The summed E-state index contributed by atoms with van der Waals surface area (Å²) in [4.78, 5) is 20.3. The maximum Gasteiger partial charge on any atom is 0.225 e. The van der Waals surface area contributed by atoms with Crippen molar-refractivity contribution in [1.82, 2.24) is 20.5 Å². The van der Waals surface area contributed by atoms with Crippen LogP contribution in [0.3, 0.4) is 0 Å². The van der Waals surface area contributed by atoms with Gasteiger partial charge in [0, 0.05) is 56.5 Å². The van der Waals surface area contributed by atoms with Crippen molar-refractivity contribution in [2.24, 2.45) is 5.92 Å². The number of nitrogens with zero attached hydrogens (tertiary/aromatic N) is 3. The molecule has 0 aliphatic heterocycles. The van der Waals surface area contributed by atoms with Crippen molar-refractivity contribution in [3.63, 3.8) is 0 Å². The fourth-order valence-corrected chi connectivity index (χ4v) is 3.69. The maximum atomic E-state index is 12.2. The van der Waals surface area contributed by atoms with E-state index < -0.39 is 6.35 Å². The average Bonchev–Trinajstić information content (AvgIpc) is 2.91. The third-order valence-corrected chi connectivity index (χ3v) is 5.78. The summed E-state index contributed by atoms with van der Waals surface area (Å²) in [7, 11) is 3.48. The van der Waals surface area contributed by atoms with Crippen molar-refractivity contribution in [3.8, 4) is 11.3 Å². The van der Waals surface area contributed by atoms with E-state index in [1.165, 1.54) is 0 Å². The molecule has 36 heavy (non-hydrogen) atoms. The molecule has 1 heterocycles. The molecule has 1 unspecified atom stereocenters. The predicted octanol–water partition coefficient (Wildman–Crippen LogP) is 4.19. The summed E-state index contributed by atoms with van der Waals surface area (Å²) >= 11 is 0. The molecule has 1 atom stereocenters. The van der Waals surface area contributed by atoms with Crippen LogP contribution in [0.15, 0.2) is 90.9 Å². The first-order chi connectivity index (χ1) is 17.4. The lowest BCUT2D eigenvalue weighted by Crippen LogP contribution is -2.44. The Morgan fingerprint density at radius 3 is 2.33 bits per heavy atom. The van der Waals surface area contributed by atoms with E-state index in [2.05, 4.69) is 29.5 Å². The lowest BCUT2D eigenvalue weighted by atomic mass is 10.1. The summed E-state index contributed by atoms with van der Waals surface area (Å²) < 4.78 is 0. The summed E-state index contributed by atoms with van der Waals surface area (Å²) in [6.45, 7) is 5.40. The van der Waals surface area contributed by atoms with E-state index in [9.17, 15) is 9.90 Å². The molecular formula is C29H37N5O2. The Labute approximate surface area is 214 Å². The van der Waals surface area contributed by atoms with Gasteiger partial charge in [-0.05, 0) is 35.7 Å². The number of carbonyl (C=O) groups is 1. The molecule has 7 heteroatoms. The fourth-order valence-electron chi connectivity index (χ4n) is 3.69. The number of aliphatic hydroxyl groups excluding tert-OH is 1. The smallest absolute Gasteiger partial charge is 0.225 e. The molecule has 190 valence electrons. The van der Waals surface area contributed by atoms with E-state index in [0.717, 1.165) is 34.8 Å². The van der Waals surface area contributed by atoms with E-state index >= 15 is 0 Å². The van der Waals surface area contributed by atoms with Gasteiger partial charge in [0.25, 0.3) is 0 Å². The molecule has 0 aliphatic rings. The first-order valence-electron chi connectivity index (χ1n) is 12.2. The van der Waals surface area contributed by atoms with Crippen LogP contribution < -0.4 is 15.5 Å². The van der Waals surface area contributed by atoms with Crippen LogP contribution >= 0.6 is 0 Å². The Bertz CT molecular complexity index is 1100. The Balaban J connectivity index is 1.90. The molecule has 3 N–H and O–H groups in total. The van der Waals surface area contributed by atoms with Crippen LogP contribution in [-0.4, -0.2) is 47.9 Å². The first kappa shape index (κ1) is 26.8. The summed E-state index contributed by atoms with van der Waals surface area (Å²) in [5, 5.41) is 17.5. The monoisotopic (exact) mass is 487 g/mol. The van der Waals surface area contributed by atoms with E-state index in [-0.39, 0.29) is 12.3 Å². The number of benzene rings is 2. The molecule has 1 aromatic heterocycles. The van der Waals surface area contributed by atoms with Gasteiger partial charge in [0.15, 0.2) is 0 Å². The highest BCUT2D eigenvalue weighted by Crippen LogP contribution is 2.21. The molecule has 2 aromatic carbocycles. The minimum Gasteiger partial charge on any atom is -0.387 e. The zero-order valence-corrected chi connectivity index (χ0v) is 21.6. The number of aromatic nitrogens is 1. The zero-order valence-electron chi connectivity index (χ0n) is 21.6. The van der Waals surface area contributed by atoms with Gasteiger partial charge in [-0.15, -0.1) is 0 Å². The number of amides is 1. The van der Waals surface area contributed by atoms with Crippen molar-refractivity contribution < 1.29 is 9.90 Å². The van der Waals surface area contributed by atoms with Gasteiger partial charge in [-0.25, -0.2) is 0 Å². The molecule has 0 radical (unpaired) electrons. The number of para-hydroxylation sites is 1. The van der Waals surface area contributed by atoms with Gasteiger partial charge in [-0.1, -0.05) is 62.4 Å². The maximum absolute atomic E-state index is 12.2. The van der Waals surface area contributed by atoms with Crippen molar-refractivity contribution in [1.29, 1.82) is 0 Å². The van der Waals surface area contributed by atoms with E-state index in [1.54, 1.807) is 18.1 Å². The van der Waals surface area contributed by atoms with Gasteiger partial charge in [0.05, 0.1) is 12.1 Å². The third kappa shape index (κ3) is 7.85. The lowest BCUT2D eigenvalue weighted by molar-refractivity contribution is -0.120. The highest BCUT2D eigenvalue weighted by Gasteiger charge is 2.20. The van der Waals surface area contributed by atoms with Crippen LogP contribution in [0.1, 0.15) is 25.8 Å². The first-order valence-corrected chi connectivity index (χ1v) is 12.2. The van der Waals surface area contributed by atoms with E-state index in [1.807, 2.05) is 90.9 Å². The second-order valence-corrected chi connectivity index (χ2v) is 9.16. The topological polar surface area (TPSA) is 80.7 Å². The van der Waals surface area contributed by atoms with Gasteiger partial charge in [-0.3, -0.25) is 9.78 Å². The Morgan fingerprint density at radius 1 is 1.03 bits per heavy atom. The molecule has 0 fully saturated rings. The summed E-state index contributed by atoms with van der Waals surface area (Å²) in [6, 6.07) is 23.7. The normalized spacial score (nSPS) is 12.2. The highest BCUT2D eigenvalue weighted by molar-refractivity contribution is 5.78. The van der Waals surface area contributed by atoms with Crippen molar-refractivity contribution >= 4 is 11.6 Å². The van der Waals surface area contributed by atoms with Crippen LogP contribution in [0.2, 0.25) is 0 Å². The van der Waals surface area contributed by atoms with Crippen LogP contribution in [0.25, 0.3) is 11.3 Å². The summed E-state index contributed by atoms with van der Waals surface area (Å²) in [5.74, 6) is 0.311. The summed E-state index contributed by atoms with van der Waals surface area (Å²) in [6.07, 6.45) is 2.88. The number of hydrogen-bond donors (Lipinski definition) is 3. The van der Waals surface area contributed by atoms with E-state index in [4.69, 9.17) is 0 Å². The standard InChI is InChI=1S/C29H37N5O2/c1-22(2)19-32-25(18-28(35)30-3)21-34(29(36)33(4)26-10-6-5-7-11-26)20-23-13-15-24(16-14-23)27-12-8-9-17-31-27/h5-17,21-22,29,32,36H,18-20H2,1-4H3,(H,30,35)/b25-21+. The van der Waals surface area contributed by atoms with Gasteiger partial charge in [0.2, 0.25) is 12.3 Å². The molecule has 0 aliphatic carbocycles. The Hall–Kier alpha value is -3.84. The molecule has 7 nitrogen and oxygen atoms in total. The molecule has 0 saturated heterocycles. The van der Waals surface area contributed by atoms with Gasteiger partial charge in [0.1, 0.15) is 0 Å². The zero-order chi connectivity index (χ0) is 25.9. The minimum absolute atomic E-state index is 0.0944. The van der Waals surface area contributed by atoms with E-state index in [0.29, 0.717) is 12.5 Å². The second kappa shape index (κ2) is 13.3. The second-order valence-electron chi connectivity index (χ2n) is 9.16. The van der Waals surface area contributed by atoms with Crippen LogP contribution in [0, 0.1) is 5.92 Å². The number of pyridine rings is 1. The third-order valence-electron chi connectivity index (χ3n) is 5.78. The Morgan fingerprint density at radius 2 is 1.72 bits per heavy atom. The van der Waals surface area contributed by atoms with Gasteiger partial charge in [-0.2, -0.15) is 0 Å². The molecule has 1 amide bonds. The molecule has 0 saturated carbocycles. The quantitative estimate of drug-likeness (QED) is 0.333. The number of nitrogens with one attached hydrogen (secondary N) is 2. The molecule has 3 rings (SSSR count). The largest absolute Gasteiger partial charge is 0.387 e. The fraction of sp³-hybridized carbons (Fsp3) is 0.310. The number of carbonyl (C=O) groups excluding carboxylic acids is 1. The number of rotatable bonds is 12. The van der Waals surface area contributed by atoms with Crippen molar-refractivity contribution in [3.05, 3.63) is 96.5 Å². The van der Waals surface area contributed by atoms with Crippen molar-refractivity contribution in [2.45, 2.75) is 33.2 Å². The number of hydrogen-bond acceptors (Lipinski definition) is 6. The van der Waals surface area contributed by atoms with Crippen LogP contribution in [-0.2, 0) is 11.3 Å². The van der Waals surface area contributed by atoms with Crippen LogP contribution in [0.4, 0.5) is 5.69 Å². The number of anilines is 1. The summed E-state index contributed by atoms with van der Waals surface area (Å²) in [5.41, 5.74) is 4.60. The van der Waals surface area contributed by atoms with Gasteiger partial charge < -0.3 is 25.5 Å². The lowest BCUT2D eigenvalue weighted by Gasteiger charge is -2.35. The molecular weight excluding hydrogens is 450 g/mol. The SMILES string of the molecule is CNC(=O)C/C(=C\N(Cc1ccc(-c2ccccn2)cc1)C(O)N(C)c1ccccc1)NCC(C)C. The molecule has 0 spiro atoms. The molecule has 0 bridgehead atoms. The van der Waals surface area contributed by atoms with Crippen LogP contribution in [0.5, 0.6) is 0 Å². The Kier molecular flexibility index (Phi) is 9.89.